The molecule has 0 aliphatic carbocycles. The maximum atomic E-state index is 12.2. The summed E-state index contributed by atoms with van der Waals surface area (Å²) in [5.74, 6) is 2.21. The van der Waals surface area contributed by atoms with Crippen LogP contribution in [0.3, 0.4) is 0 Å². The summed E-state index contributed by atoms with van der Waals surface area (Å²) >= 11 is 0. The fourth-order valence-electron chi connectivity index (χ4n) is 4.08. The number of urea groups is 1. The Balaban J connectivity index is 1.41. The van der Waals surface area contributed by atoms with E-state index in [4.69, 9.17) is 4.74 Å². The van der Waals surface area contributed by atoms with Crippen molar-refractivity contribution in [3.8, 4) is 5.75 Å². The van der Waals surface area contributed by atoms with Crippen molar-refractivity contribution in [1.29, 1.82) is 0 Å². The highest BCUT2D eigenvalue weighted by Gasteiger charge is 2.27. The molecule has 0 radical (unpaired) electrons. The van der Waals surface area contributed by atoms with Crippen molar-refractivity contribution in [2.24, 2.45) is 5.92 Å². The van der Waals surface area contributed by atoms with Gasteiger partial charge in [0, 0.05) is 45.3 Å². The van der Waals surface area contributed by atoms with Gasteiger partial charge in [0.05, 0.1) is 18.6 Å². The number of pyridine rings is 1. The molecule has 1 N–H and O–H groups in total. The first-order valence-electron chi connectivity index (χ1n) is 11.7. The maximum absolute atomic E-state index is 12.2. The summed E-state index contributed by atoms with van der Waals surface area (Å²) in [6.45, 7) is 10.2. The number of carbonyl (C=O) groups excluding carboxylic acids is 1. The van der Waals surface area contributed by atoms with E-state index in [0.29, 0.717) is 45.1 Å². The Morgan fingerprint density at radius 2 is 1.84 bits per heavy atom. The quantitative estimate of drug-likeness (QED) is 0.630. The molecule has 9 nitrogen and oxygen atoms in total. The summed E-state index contributed by atoms with van der Waals surface area (Å²) in [4.78, 5) is 20.6. The number of hydrogen-bond donors (Lipinski definition) is 1. The maximum Gasteiger partial charge on any atom is 0.317 e. The van der Waals surface area contributed by atoms with Crippen LogP contribution in [0.5, 0.6) is 5.75 Å². The first-order chi connectivity index (χ1) is 15.3. The molecule has 0 bridgehead atoms. The Hall–Kier alpha value is -2.07. The highest BCUT2D eigenvalue weighted by Crippen LogP contribution is 2.22. The molecule has 2 aliphatic rings. The summed E-state index contributed by atoms with van der Waals surface area (Å²) in [5, 5.41) is 2.94. The molecule has 2 fully saturated rings. The first-order valence-corrected chi connectivity index (χ1v) is 13.3. The van der Waals surface area contributed by atoms with Gasteiger partial charge < -0.3 is 19.9 Å². The third-order valence-corrected chi connectivity index (χ3v) is 8.01. The molecule has 2 aliphatic heterocycles. The van der Waals surface area contributed by atoms with Gasteiger partial charge in [-0.25, -0.2) is 18.2 Å². The lowest BCUT2D eigenvalue weighted by Crippen LogP contribution is -2.49. The molecule has 0 atom stereocenters. The van der Waals surface area contributed by atoms with E-state index in [1.54, 1.807) is 10.5 Å². The molecule has 0 spiro atoms. The fraction of sp³-hybridized carbons (Fsp3) is 0.727. The second-order valence-electron chi connectivity index (χ2n) is 8.90. The van der Waals surface area contributed by atoms with Crippen LogP contribution in [-0.4, -0.2) is 86.3 Å². The Labute approximate surface area is 192 Å². The molecule has 3 rings (SSSR count). The number of anilines is 1. The Bertz CT molecular complexity index is 830. The summed E-state index contributed by atoms with van der Waals surface area (Å²) < 4.78 is 32.0. The third-order valence-electron chi connectivity index (χ3n) is 5.94. The van der Waals surface area contributed by atoms with Gasteiger partial charge >= 0.3 is 6.03 Å². The lowest BCUT2D eigenvalue weighted by molar-refractivity contribution is 0.144. The number of piperazine rings is 1. The molecule has 0 aromatic carbocycles. The molecular weight excluding hydrogens is 430 g/mol. The van der Waals surface area contributed by atoms with Crippen LogP contribution in [0.4, 0.5) is 10.6 Å². The number of sulfonamides is 1. The second-order valence-corrected chi connectivity index (χ2v) is 11.0. The molecule has 2 amide bonds. The predicted octanol–water partition coefficient (Wildman–Crippen LogP) is 2.15. The van der Waals surface area contributed by atoms with Crippen molar-refractivity contribution in [2.45, 2.75) is 46.1 Å². The van der Waals surface area contributed by atoms with E-state index in [-0.39, 0.29) is 17.8 Å². The van der Waals surface area contributed by atoms with E-state index < -0.39 is 10.0 Å². The molecule has 180 valence electrons. The van der Waals surface area contributed by atoms with Crippen molar-refractivity contribution in [3.63, 3.8) is 0 Å². The number of nitrogens with one attached hydrogen (secondary N) is 1. The van der Waals surface area contributed by atoms with Crippen LogP contribution >= 0.6 is 0 Å². The molecular formula is C22H37N5O4S. The number of ether oxygens (including phenoxy) is 1. The van der Waals surface area contributed by atoms with Gasteiger partial charge in [-0.3, -0.25) is 0 Å². The summed E-state index contributed by atoms with van der Waals surface area (Å²) in [7, 11) is -3.14. The summed E-state index contributed by atoms with van der Waals surface area (Å²) in [6, 6.07) is 4.03. The molecule has 10 heteroatoms. The number of amides is 2. The van der Waals surface area contributed by atoms with Gasteiger partial charge in [-0.05, 0) is 51.2 Å². The van der Waals surface area contributed by atoms with Crippen molar-refractivity contribution in [2.75, 3.05) is 56.5 Å². The predicted molar refractivity (Wildman–Crippen MR) is 126 cm³/mol. The molecule has 1 aromatic rings. The van der Waals surface area contributed by atoms with Crippen LogP contribution in [0.15, 0.2) is 18.3 Å². The number of carbonyl (C=O) groups is 1. The Morgan fingerprint density at radius 3 is 2.41 bits per heavy atom. The van der Waals surface area contributed by atoms with E-state index in [1.807, 2.05) is 37.8 Å². The van der Waals surface area contributed by atoms with Crippen LogP contribution in [0.25, 0.3) is 0 Å². The zero-order valence-corrected chi connectivity index (χ0v) is 20.3. The molecule has 3 heterocycles. The lowest BCUT2D eigenvalue weighted by Gasteiger charge is -2.34. The van der Waals surface area contributed by atoms with E-state index in [1.165, 1.54) is 0 Å². The molecule has 2 saturated heterocycles. The first kappa shape index (κ1) is 24.6. The van der Waals surface area contributed by atoms with Gasteiger partial charge in [0.2, 0.25) is 10.0 Å². The SMILES string of the molecule is CCCS(=O)(=O)N1CCN(c2ccc(OCC3CCN(C(=O)NC(C)C)CC3)cn2)CC1. The number of likely N-dealkylation sites (tertiary alicyclic amines) is 1. The number of rotatable bonds is 8. The zero-order valence-electron chi connectivity index (χ0n) is 19.5. The van der Waals surface area contributed by atoms with E-state index in [0.717, 1.165) is 37.5 Å². The molecule has 0 unspecified atom stereocenters. The minimum atomic E-state index is -3.14. The number of aromatic nitrogens is 1. The van der Waals surface area contributed by atoms with Gasteiger partial charge in [0.15, 0.2) is 0 Å². The third kappa shape index (κ3) is 6.71. The number of nitrogens with zero attached hydrogens (tertiary/aromatic N) is 4. The van der Waals surface area contributed by atoms with Crippen LogP contribution in [0, 0.1) is 5.92 Å². The molecule has 1 aromatic heterocycles. The smallest absolute Gasteiger partial charge is 0.317 e. The van der Waals surface area contributed by atoms with Gasteiger partial charge in [0.25, 0.3) is 0 Å². The van der Waals surface area contributed by atoms with Crippen LogP contribution < -0.4 is 15.0 Å². The zero-order chi connectivity index (χ0) is 23.1. The Kier molecular flexibility index (Phi) is 8.58. The Morgan fingerprint density at radius 1 is 1.16 bits per heavy atom. The van der Waals surface area contributed by atoms with Crippen LogP contribution in [0.1, 0.15) is 40.0 Å². The van der Waals surface area contributed by atoms with E-state index in [9.17, 15) is 13.2 Å². The molecule has 0 saturated carbocycles. The van der Waals surface area contributed by atoms with Crippen LogP contribution in [-0.2, 0) is 10.0 Å². The number of hydrogen-bond acceptors (Lipinski definition) is 6. The van der Waals surface area contributed by atoms with Crippen LogP contribution in [0.2, 0.25) is 0 Å². The minimum Gasteiger partial charge on any atom is -0.492 e. The highest BCUT2D eigenvalue weighted by atomic mass is 32.2. The van der Waals surface area contributed by atoms with E-state index >= 15 is 0 Å². The lowest BCUT2D eigenvalue weighted by atomic mass is 9.98. The van der Waals surface area contributed by atoms with Crippen molar-refractivity contribution in [1.82, 2.24) is 19.5 Å². The fourth-order valence-corrected chi connectivity index (χ4v) is 5.58. The van der Waals surface area contributed by atoms with Gasteiger partial charge in [-0.15, -0.1) is 0 Å². The van der Waals surface area contributed by atoms with Crippen molar-refractivity contribution >= 4 is 21.9 Å². The summed E-state index contributed by atoms with van der Waals surface area (Å²) in [6.07, 6.45) is 4.24. The summed E-state index contributed by atoms with van der Waals surface area (Å²) in [5.41, 5.74) is 0. The average molecular weight is 468 g/mol. The van der Waals surface area contributed by atoms with Gasteiger partial charge in [-0.1, -0.05) is 6.92 Å². The second kappa shape index (κ2) is 11.2. The van der Waals surface area contributed by atoms with Gasteiger partial charge in [-0.2, -0.15) is 4.31 Å². The van der Waals surface area contributed by atoms with E-state index in [2.05, 4.69) is 15.2 Å². The minimum absolute atomic E-state index is 0.0166. The standard InChI is InChI=1S/C22H37N5O4S/c1-4-15-32(29,30)27-13-11-25(12-14-27)21-6-5-20(16-23-21)31-17-19-7-9-26(10-8-19)22(28)24-18(2)3/h5-6,16,18-19H,4,7-15,17H2,1-3H3,(H,24,28). The van der Waals surface area contributed by atoms with Crippen molar-refractivity contribution < 1.29 is 17.9 Å². The molecule has 32 heavy (non-hydrogen) atoms. The van der Waals surface area contributed by atoms with Gasteiger partial charge in [0.1, 0.15) is 11.6 Å². The normalized spacial score (nSPS) is 18.8. The average Bonchev–Trinajstić information content (AvgIpc) is 2.78. The van der Waals surface area contributed by atoms with Crippen molar-refractivity contribution in [3.05, 3.63) is 18.3 Å². The monoisotopic (exact) mass is 467 g/mol. The topological polar surface area (TPSA) is 95.1 Å². The highest BCUT2D eigenvalue weighted by molar-refractivity contribution is 7.89. The number of piperidine rings is 1. The largest absolute Gasteiger partial charge is 0.492 e.